The number of rotatable bonds is 6. The molecule has 0 N–H and O–H groups in total. The van der Waals surface area contributed by atoms with Crippen LogP contribution in [0.3, 0.4) is 0 Å². The standard InChI is InChI=1S/C18H28N4O/c1-14(2)21-11-7-15(8-12-21)17-20-16-6-4-9-19-18(16)22(17)10-5-13-23-3/h4,6,9,14-15H,5,7-8,10-13H2,1-3H3. The second-order valence-electron chi connectivity index (χ2n) is 6.72. The molecule has 5 nitrogen and oxygen atoms in total. The van der Waals surface area contributed by atoms with Crippen molar-refractivity contribution in [1.82, 2.24) is 19.4 Å². The van der Waals surface area contributed by atoms with Crippen LogP contribution in [0.1, 0.15) is 44.9 Å². The Hall–Kier alpha value is -1.46. The third-order valence-corrected chi connectivity index (χ3v) is 4.89. The van der Waals surface area contributed by atoms with Gasteiger partial charge >= 0.3 is 0 Å². The summed E-state index contributed by atoms with van der Waals surface area (Å²) in [5.41, 5.74) is 2.04. The highest BCUT2D eigenvalue weighted by Crippen LogP contribution is 2.30. The molecule has 126 valence electrons. The number of aryl methyl sites for hydroxylation is 1. The Kier molecular flexibility index (Phi) is 5.28. The van der Waals surface area contributed by atoms with Crippen LogP contribution >= 0.6 is 0 Å². The number of piperidine rings is 1. The van der Waals surface area contributed by atoms with Crippen molar-refractivity contribution in [3.05, 3.63) is 24.2 Å². The van der Waals surface area contributed by atoms with Gasteiger partial charge in [-0.15, -0.1) is 0 Å². The van der Waals surface area contributed by atoms with E-state index in [4.69, 9.17) is 9.72 Å². The van der Waals surface area contributed by atoms with E-state index in [1.54, 1.807) is 7.11 Å². The fraction of sp³-hybridized carbons (Fsp3) is 0.667. The van der Waals surface area contributed by atoms with Crippen LogP contribution in [-0.4, -0.2) is 52.3 Å². The first-order valence-corrected chi connectivity index (χ1v) is 8.75. The Bertz CT molecular complexity index is 629. The van der Waals surface area contributed by atoms with Gasteiger partial charge in [-0.2, -0.15) is 0 Å². The number of ether oxygens (including phenoxy) is 1. The van der Waals surface area contributed by atoms with Gasteiger partial charge in [0.1, 0.15) is 11.3 Å². The quantitative estimate of drug-likeness (QED) is 0.768. The second-order valence-corrected chi connectivity index (χ2v) is 6.72. The van der Waals surface area contributed by atoms with E-state index in [2.05, 4.69) is 34.4 Å². The van der Waals surface area contributed by atoms with Gasteiger partial charge in [0.25, 0.3) is 0 Å². The topological polar surface area (TPSA) is 43.2 Å². The van der Waals surface area contributed by atoms with Crippen molar-refractivity contribution in [2.75, 3.05) is 26.8 Å². The summed E-state index contributed by atoms with van der Waals surface area (Å²) in [6, 6.07) is 4.68. The van der Waals surface area contributed by atoms with Crippen molar-refractivity contribution >= 4 is 11.2 Å². The lowest BCUT2D eigenvalue weighted by atomic mass is 9.95. The van der Waals surface area contributed by atoms with Gasteiger partial charge in [0.05, 0.1) is 0 Å². The van der Waals surface area contributed by atoms with Crippen LogP contribution < -0.4 is 0 Å². The first-order valence-electron chi connectivity index (χ1n) is 8.75. The number of hydrogen-bond acceptors (Lipinski definition) is 4. The van der Waals surface area contributed by atoms with E-state index < -0.39 is 0 Å². The summed E-state index contributed by atoms with van der Waals surface area (Å²) in [6.45, 7) is 8.60. The molecule has 2 aromatic heterocycles. The zero-order valence-corrected chi connectivity index (χ0v) is 14.5. The summed E-state index contributed by atoms with van der Waals surface area (Å²) in [5.74, 6) is 1.76. The Balaban J connectivity index is 1.83. The van der Waals surface area contributed by atoms with Crippen molar-refractivity contribution in [1.29, 1.82) is 0 Å². The smallest absolute Gasteiger partial charge is 0.159 e. The summed E-state index contributed by atoms with van der Waals surface area (Å²) in [7, 11) is 1.76. The van der Waals surface area contributed by atoms with E-state index in [-0.39, 0.29) is 0 Å². The molecule has 23 heavy (non-hydrogen) atoms. The molecule has 5 heteroatoms. The molecule has 0 aromatic carbocycles. The van der Waals surface area contributed by atoms with Gasteiger partial charge < -0.3 is 14.2 Å². The molecule has 0 atom stereocenters. The van der Waals surface area contributed by atoms with Crippen LogP contribution in [0.5, 0.6) is 0 Å². The predicted octanol–water partition coefficient (Wildman–Crippen LogP) is 3.06. The van der Waals surface area contributed by atoms with E-state index in [1.807, 2.05) is 12.3 Å². The third-order valence-electron chi connectivity index (χ3n) is 4.89. The zero-order valence-electron chi connectivity index (χ0n) is 14.5. The molecular weight excluding hydrogens is 288 g/mol. The largest absolute Gasteiger partial charge is 0.385 e. The van der Waals surface area contributed by atoms with E-state index >= 15 is 0 Å². The molecule has 1 aliphatic rings. The Morgan fingerprint density at radius 1 is 1.30 bits per heavy atom. The van der Waals surface area contributed by atoms with E-state index in [9.17, 15) is 0 Å². The maximum Gasteiger partial charge on any atom is 0.159 e. The van der Waals surface area contributed by atoms with Crippen LogP contribution in [0.2, 0.25) is 0 Å². The fourth-order valence-electron chi connectivity index (χ4n) is 3.55. The summed E-state index contributed by atoms with van der Waals surface area (Å²) in [6.07, 6.45) is 5.23. The van der Waals surface area contributed by atoms with Crippen LogP contribution in [0.15, 0.2) is 18.3 Å². The molecule has 3 heterocycles. The lowest BCUT2D eigenvalue weighted by Crippen LogP contribution is -2.38. The number of hydrogen-bond donors (Lipinski definition) is 0. The number of imidazole rings is 1. The van der Waals surface area contributed by atoms with Crippen LogP contribution in [0, 0.1) is 0 Å². The average molecular weight is 316 g/mol. The number of fused-ring (bicyclic) bond motifs is 1. The maximum atomic E-state index is 5.22. The van der Waals surface area contributed by atoms with Gasteiger partial charge in [0, 0.05) is 38.4 Å². The maximum absolute atomic E-state index is 5.22. The van der Waals surface area contributed by atoms with Crippen molar-refractivity contribution in [2.45, 2.75) is 51.6 Å². The Morgan fingerprint density at radius 2 is 2.09 bits per heavy atom. The lowest BCUT2D eigenvalue weighted by molar-refractivity contribution is 0.167. The number of nitrogens with zero attached hydrogens (tertiary/aromatic N) is 4. The highest BCUT2D eigenvalue weighted by atomic mass is 16.5. The van der Waals surface area contributed by atoms with Gasteiger partial charge in [-0.05, 0) is 58.3 Å². The normalized spacial score (nSPS) is 17.4. The first kappa shape index (κ1) is 16.4. The third kappa shape index (κ3) is 3.56. The van der Waals surface area contributed by atoms with Crippen molar-refractivity contribution in [3.63, 3.8) is 0 Å². The highest BCUT2D eigenvalue weighted by Gasteiger charge is 2.26. The van der Waals surface area contributed by atoms with Gasteiger partial charge in [0.15, 0.2) is 5.65 Å². The van der Waals surface area contributed by atoms with Crippen molar-refractivity contribution < 1.29 is 4.74 Å². The molecule has 0 spiro atoms. The minimum absolute atomic E-state index is 0.543. The van der Waals surface area contributed by atoms with Crippen LogP contribution in [-0.2, 0) is 11.3 Å². The molecule has 2 aromatic rings. The number of methoxy groups -OCH3 is 1. The van der Waals surface area contributed by atoms with E-state index in [1.165, 1.54) is 18.7 Å². The average Bonchev–Trinajstić information content (AvgIpc) is 2.94. The molecule has 0 saturated carbocycles. The van der Waals surface area contributed by atoms with Gasteiger partial charge in [-0.1, -0.05) is 0 Å². The van der Waals surface area contributed by atoms with Gasteiger partial charge in [0.2, 0.25) is 0 Å². The van der Waals surface area contributed by atoms with Crippen molar-refractivity contribution in [3.8, 4) is 0 Å². The van der Waals surface area contributed by atoms with E-state index in [0.29, 0.717) is 12.0 Å². The number of likely N-dealkylation sites (tertiary alicyclic amines) is 1. The van der Waals surface area contributed by atoms with E-state index in [0.717, 1.165) is 43.8 Å². The molecule has 3 rings (SSSR count). The van der Waals surface area contributed by atoms with Crippen molar-refractivity contribution in [2.24, 2.45) is 0 Å². The molecular formula is C18H28N4O. The molecule has 0 aliphatic carbocycles. The number of pyridine rings is 1. The Morgan fingerprint density at radius 3 is 2.78 bits per heavy atom. The lowest BCUT2D eigenvalue weighted by Gasteiger charge is -2.34. The summed E-state index contributed by atoms with van der Waals surface area (Å²) in [5, 5.41) is 0. The van der Waals surface area contributed by atoms with Crippen LogP contribution in [0.4, 0.5) is 0 Å². The molecule has 0 radical (unpaired) electrons. The molecule has 0 amide bonds. The molecule has 1 saturated heterocycles. The monoisotopic (exact) mass is 316 g/mol. The number of aromatic nitrogens is 3. The predicted molar refractivity (Wildman–Crippen MR) is 92.7 cm³/mol. The highest BCUT2D eigenvalue weighted by molar-refractivity contribution is 5.71. The molecule has 1 fully saturated rings. The Labute approximate surface area is 138 Å². The SMILES string of the molecule is COCCCn1c(C2CCN(C(C)C)CC2)nc2cccnc21. The zero-order chi connectivity index (χ0) is 16.2. The van der Waals surface area contributed by atoms with Crippen LogP contribution in [0.25, 0.3) is 11.2 Å². The summed E-state index contributed by atoms with van der Waals surface area (Å²) < 4.78 is 7.54. The minimum Gasteiger partial charge on any atom is -0.385 e. The fourth-order valence-corrected chi connectivity index (χ4v) is 3.55. The molecule has 0 bridgehead atoms. The first-order chi connectivity index (χ1) is 11.2. The second kappa shape index (κ2) is 7.41. The minimum atomic E-state index is 0.543. The van der Waals surface area contributed by atoms with Gasteiger partial charge in [-0.25, -0.2) is 9.97 Å². The van der Waals surface area contributed by atoms with Gasteiger partial charge in [-0.3, -0.25) is 0 Å². The summed E-state index contributed by atoms with van der Waals surface area (Å²) >= 11 is 0. The molecule has 0 unspecified atom stereocenters. The molecule has 1 aliphatic heterocycles. The summed E-state index contributed by atoms with van der Waals surface area (Å²) in [4.78, 5) is 12.1.